The molecule has 0 radical (unpaired) electrons. The van der Waals surface area contributed by atoms with E-state index in [1.165, 1.54) is 11.8 Å². The molecule has 0 fully saturated rings. The number of nitrogens with one attached hydrogen (secondary N) is 1. The molecule has 0 spiro atoms. The van der Waals surface area contributed by atoms with Gasteiger partial charge in [-0.05, 0) is 31.5 Å². The molecule has 0 aliphatic heterocycles. The molecular weight excluding hydrogens is 334 g/mol. The van der Waals surface area contributed by atoms with Gasteiger partial charge >= 0.3 is 0 Å². The van der Waals surface area contributed by atoms with Crippen LogP contribution >= 0.6 is 11.8 Å². The summed E-state index contributed by atoms with van der Waals surface area (Å²) in [4.78, 5) is 16.7. The van der Waals surface area contributed by atoms with Gasteiger partial charge in [0.25, 0.3) is 0 Å². The van der Waals surface area contributed by atoms with Gasteiger partial charge in [-0.25, -0.2) is 0 Å². The summed E-state index contributed by atoms with van der Waals surface area (Å²) >= 11 is 1.46. The van der Waals surface area contributed by atoms with Gasteiger partial charge in [0, 0.05) is 11.3 Å². The van der Waals surface area contributed by atoms with Gasteiger partial charge in [-0.1, -0.05) is 47.6 Å². The number of thioether (sulfide) groups is 1. The normalized spacial score (nSPS) is 11.9. The number of benzene rings is 2. The van der Waals surface area contributed by atoms with Gasteiger partial charge in [0.2, 0.25) is 17.6 Å². The van der Waals surface area contributed by atoms with Crippen molar-refractivity contribution in [3.8, 4) is 11.4 Å². The van der Waals surface area contributed by atoms with Crippen LogP contribution < -0.4 is 5.32 Å². The molecule has 0 saturated heterocycles. The minimum atomic E-state index is -0.229. The summed E-state index contributed by atoms with van der Waals surface area (Å²) in [5.74, 6) is 1.52. The molecule has 1 atom stereocenters. The Morgan fingerprint density at radius 1 is 1.20 bits per heavy atom. The van der Waals surface area contributed by atoms with E-state index < -0.39 is 0 Å². The van der Waals surface area contributed by atoms with Crippen LogP contribution in [-0.2, 0) is 10.5 Å². The first-order chi connectivity index (χ1) is 12.1. The smallest absolute Gasteiger partial charge is 0.237 e. The molecule has 1 aromatic heterocycles. The van der Waals surface area contributed by atoms with Crippen LogP contribution in [-0.4, -0.2) is 21.3 Å². The fraction of sp³-hybridized carbons (Fsp3) is 0.211. The van der Waals surface area contributed by atoms with E-state index >= 15 is 0 Å². The van der Waals surface area contributed by atoms with Gasteiger partial charge in [-0.3, -0.25) is 4.79 Å². The largest absolute Gasteiger partial charge is 0.338 e. The number of hydrogen-bond acceptors (Lipinski definition) is 5. The molecule has 1 N–H and O–H groups in total. The standard InChI is InChI=1S/C19H19N3O2S/c1-13-7-6-10-16(11-13)20-19(23)14(2)25-12-17-21-18(22-24-17)15-8-4-3-5-9-15/h3-11,14H,12H2,1-2H3,(H,20,23)/t14-/m1/s1. The Kier molecular flexibility index (Phi) is 5.50. The number of carbonyl (C=O) groups is 1. The molecular formula is C19H19N3O2S. The number of amides is 1. The summed E-state index contributed by atoms with van der Waals surface area (Å²) in [5, 5.41) is 6.68. The van der Waals surface area contributed by atoms with E-state index in [4.69, 9.17) is 4.52 Å². The van der Waals surface area contributed by atoms with E-state index in [-0.39, 0.29) is 11.2 Å². The van der Waals surface area contributed by atoms with Crippen molar-refractivity contribution < 1.29 is 9.32 Å². The third-order valence-electron chi connectivity index (χ3n) is 3.61. The average molecular weight is 353 g/mol. The Morgan fingerprint density at radius 2 is 2.00 bits per heavy atom. The Labute approximate surface area is 150 Å². The molecule has 128 valence electrons. The van der Waals surface area contributed by atoms with Crippen LogP contribution in [0.15, 0.2) is 59.1 Å². The number of aromatic nitrogens is 2. The van der Waals surface area contributed by atoms with Gasteiger partial charge in [-0.2, -0.15) is 4.98 Å². The van der Waals surface area contributed by atoms with E-state index in [0.29, 0.717) is 17.5 Å². The zero-order valence-electron chi connectivity index (χ0n) is 14.1. The van der Waals surface area contributed by atoms with Crippen LogP contribution in [0.5, 0.6) is 0 Å². The second-order valence-electron chi connectivity index (χ2n) is 5.69. The lowest BCUT2D eigenvalue weighted by Gasteiger charge is -2.11. The highest BCUT2D eigenvalue weighted by Gasteiger charge is 2.16. The maximum atomic E-state index is 12.3. The molecule has 25 heavy (non-hydrogen) atoms. The molecule has 2 aromatic carbocycles. The predicted molar refractivity (Wildman–Crippen MR) is 100 cm³/mol. The van der Waals surface area contributed by atoms with Gasteiger partial charge in [-0.15, -0.1) is 11.8 Å². The number of carbonyl (C=O) groups excluding carboxylic acids is 1. The van der Waals surface area contributed by atoms with Gasteiger partial charge in [0.05, 0.1) is 11.0 Å². The molecule has 5 nitrogen and oxygen atoms in total. The number of anilines is 1. The molecule has 0 unspecified atom stereocenters. The first-order valence-corrected chi connectivity index (χ1v) is 9.04. The van der Waals surface area contributed by atoms with Crippen molar-refractivity contribution in [1.82, 2.24) is 10.1 Å². The fourth-order valence-electron chi connectivity index (χ4n) is 2.26. The quantitative estimate of drug-likeness (QED) is 0.715. The van der Waals surface area contributed by atoms with Crippen LogP contribution in [0.2, 0.25) is 0 Å². The summed E-state index contributed by atoms with van der Waals surface area (Å²) in [6.45, 7) is 3.86. The van der Waals surface area contributed by atoms with Gasteiger partial charge in [0.1, 0.15) is 0 Å². The molecule has 1 amide bonds. The second kappa shape index (κ2) is 7.98. The molecule has 0 bridgehead atoms. The third kappa shape index (κ3) is 4.70. The van der Waals surface area contributed by atoms with E-state index in [1.54, 1.807) is 0 Å². The molecule has 0 saturated carbocycles. The van der Waals surface area contributed by atoms with Crippen molar-refractivity contribution in [3.05, 3.63) is 66.1 Å². The Balaban J connectivity index is 1.54. The van der Waals surface area contributed by atoms with Crippen molar-refractivity contribution in [3.63, 3.8) is 0 Å². The number of nitrogens with zero attached hydrogens (tertiary/aromatic N) is 2. The van der Waals surface area contributed by atoms with Crippen LogP contribution in [0.3, 0.4) is 0 Å². The fourth-order valence-corrected chi connectivity index (χ4v) is 2.98. The maximum absolute atomic E-state index is 12.3. The summed E-state index contributed by atoms with van der Waals surface area (Å²) in [5.41, 5.74) is 2.83. The number of hydrogen-bond donors (Lipinski definition) is 1. The molecule has 3 rings (SSSR count). The molecule has 3 aromatic rings. The molecule has 0 aliphatic carbocycles. The van der Waals surface area contributed by atoms with Crippen molar-refractivity contribution in [2.24, 2.45) is 0 Å². The third-order valence-corrected chi connectivity index (χ3v) is 4.74. The van der Waals surface area contributed by atoms with Crippen molar-refractivity contribution in [1.29, 1.82) is 0 Å². The Morgan fingerprint density at radius 3 is 2.76 bits per heavy atom. The summed E-state index contributed by atoms with van der Waals surface area (Å²) in [6, 6.07) is 17.4. The van der Waals surface area contributed by atoms with Crippen LogP contribution in [0.25, 0.3) is 11.4 Å². The van der Waals surface area contributed by atoms with Gasteiger partial charge < -0.3 is 9.84 Å². The highest BCUT2D eigenvalue weighted by molar-refractivity contribution is 7.99. The predicted octanol–water partition coefficient (Wildman–Crippen LogP) is 4.31. The van der Waals surface area contributed by atoms with Crippen molar-refractivity contribution in [2.75, 3.05) is 5.32 Å². The highest BCUT2D eigenvalue weighted by atomic mass is 32.2. The van der Waals surface area contributed by atoms with Crippen LogP contribution in [0, 0.1) is 6.92 Å². The Hall–Kier alpha value is -2.60. The van der Waals surface area contributed by atoms with E-state index in [0.717, 1.165) is 16.8 Å². The van der Waals surface area contributed by atoms with Crippen molar-refractivity contribution >= 4 is 23.4 Å². The SMILES string of the molecule is Cc1cccc(NC(=O)[C@@H](C)SCc2nc(-c3ccccc3)no2)c1. The van der Waals surface area contributed by atoms with Crippen molar-refractivity contribution in [2.45, 2.75) is 24.9 Å². The first kappa shape index (κ1) is 17.2. The zero-order chi connectivity index (χ0) is 17.6. The second-order valence-corrected chi connectivity index (χ2v) is 7.02. The zero-order valence-corrected chi connectivity index (χ0v) is 14.9. The highest BCUT2D eigenvalue weighted by Crippen LogP contribution is 2.21. The summed E-state index contributed by atoms with van der Waals surface area (Å²) < 4.78 is 5.27. The maximum Gasteiger partial charge on any atom is 0.237 e. The minimum absolute atomic E-state index is 0.0431. The Bertz CT molecular complexity index is 849. The first-order valence-electron chi connectivity index (χ1n) is 7.99. The lowest BCUT2D eigenvalue weighted by Crippen LogP contribution is -2.22. The number of aryl methyl sites for hydroxylation is 1. The summed E-state index contributed by atoms with van der Waals surface area (Å²) in [7, 11) is 0. The van der Waals surface area contributed by atoms with E-state index in [9.17, 15) is 4.79 Å². The number of rotatable bonds is 6. The molecule has 0 aliphatic rings. The van der Waals surface area contributed by atoms with Crippen LogP contribution in [0.1, 0.15) is 18.4 Å². The lowest BCUT2D eigenvalue weighted by molar-refractivity contribution is -0.115. The van der Waals surface area contributed by atoms with E-state index in [1.807, 2.05) is 68.4 Å². The summed E-state index contributed by atoms with van der Waals surface area (Å²) in [6.07, 6.45) is 0. The lowest BCUT2D eigenvalue weighted by atomic mass is 10.2. The monoisotopic (exact) mass is 353 g/mol. The molecule has 6 heteroatoms. The average Bonchev–Trinajstić information content (AvgIpc) is 3.09. The van der Waals surface area contributed by atoms with E-state index in [2.05, 4.69) is 15.5 Å². The van der Waals surface area contributed by atoms with Crippen LogP contribution in [0.4, 0.5) is 5.69 Å². The van der Waals surface area contributed by atoms with Gasteiger partial charge in [0.15, 0.2) is 0 Å². The minimum Gasteiger partial charge on any atom is -0.338 e. The topological polar surface area (TPSA) is 68.0 Å². The molecule has 1 heterocycles.